The summed E-state index contributed by atoms with van der Waals surface area (Å²) in [5.41, 5.74) is -0.593. The zero-order valence-electron chi connectivity index (χ0n) is 24.0. The van der Waals surface area contributed by atoms with E-state index in [1.807, 2.05) is 0 Å². The molecule has 5 N–H and O–H groups in total. The van der Waals surface area contributed by atoms with Crippen LogP contribution in [0.2, 0.25) is 0 Å². The molecule has 15 nitrogen and oxygen atoms in total. The molecule has 44 heavy (non-hydrogen) atoms. The molecule has 0 unspecified atom stereocenters. The average molecular weight is 612 g/mol. The highest BCUT2D eigenvalue weighted by molar-refractivity contribution is 5.97. The van der Waals surface area contributed by atoms with Crippen molar-refractivity contribution in [1.29, 1.82) is 0 Å². The largest absolute Gasteiger partial charge is 0.481 e. The Bertz CT molecular complexity index is 1650. The van der Waals surface area contributed by atoms with Gasteiger partial charge in [0, 0.05) is 30.0 Å². The maximum Gasteiger partial charge on any atom is 0.340 e. The Hall–Kier alpha value is -5.08. The quantitative estimate of drug-likeness (QED) is 0.176. The zero-order chi connectivity index (χ0) is 32.0. The number of nitrogens with one attached hydrogen (secondary N) is 2. The molecule has 2 heterocycles. The Morgan fingerprint density at radius 3 is 2.41 bits per heavy atom. The molecule has 2 aromatic heterocycles. The molecular weight excluding hydrogens is 578 g/mol. The molecule has 3 aromatic rings. The van der Waals surface area contributed by atoms with Crippen molar-refractivity contribution in [2.24, 2.45) is 0 Å². The summed E-state index contributed by atoms with van der Waals surface area (Å²) in [5, 5.41) is 41.9. The molecule has 1 aromatic carbocycles. The molecular formula is C29H33N5O10. The predicted molar refractivity (Wildman–Crippen MR) is 153 cm³/mol. The molecule has 4 rings (SSSR count). The van der Waals surface area contributed by atoms with Gasteiger partial charge >= 0.3 is 23.5 Å². The minimum absolute atomic E-state index is 0.0116. The lowest BCUT2D eigenvalue weighted by Crippen LogP contribution is -2.47. The summed E-state index contributed by atoms with van der Waals surface area (Å²) in [4.78, 5) is 72.2. The Kier molecular flexibility index (Phi) is 9.76. The monoisotopic (exact) mass is 611 g/mol. The van der Waals surface area contributed by atoms with E-state index >= 15 is 0 Å². The van der Waals surface area contributed by atoms with Gasteiger partial charge in [-0.05, 0) is 43.9 Å². The van der Waals surface area contributed by atoms with Crippen molar-refractivity contribution in [3.05, 3.63) is 51.6 Å². The van der Waals surface area contributed by atoms with E-state index in [0.29, 0.717) is 29.5 Å². The molecule has 15 heteroatoms. The Balaban J connectivity index is 1.58. The van der Waals surface area contributed by atoms with Crippen LogP contribution in [-0.4, -0.2) is 60.0 Å². The van der Waals surface area contributed by atoms with Gasteiger partial charge in [-0.3, -0.25) is 24.0 Å². The molecule has 234 valence electrons. The summed E-state index contributed by atoms with van der Waals surface area (Å²) in [6.45, 7) is 1.60. The van der Waals surface area contributed by atoms with Crippen LogP contribution in [0.4, 0.5) is 5.69 Å². The number of carbonyl (C=O) groups excluding carboxylic acids is 2. The lowest BCUT2D eigenvalue weighted by molar-refractivity contribution is -0.140. The lowest BCUT2D eigenvalue weighted by atomic mass is 9.79. The van der Waals surface area contributed by atoms with Gasteiger partial charge in [-0.15, -0.1) is 5.10 Å². The van der Waals surface area contributed by atoms with Crippen molar-refractivity contribution in [2.75, 3.05) is 5.32 Å². The summed E-state index contributed by atoms with van der Waals surface area (Å²) in [6.07, 6.45) is 3.96. The van der Waals surface area contributed by atoms with Crippen LogP contribution in [0, 0.1) is 6.92 Å². The first-order valence-electron chi connectivity index (χ1n) is 14.1. The van der Waals surface area contributed by atoms with Crippen LogP contribution < -0.4 is 16.3 Å². The topological polar surface area (TPSA) is 231 Å². The average Bonchev–Trinajstić information content (AvgIpc) is 3.45. The third-order valence-corrected chi connectivity index (χ3v) is 7.75. The first kappa shape index (κ1) is 31.8. The van der Waals surface area contributed by atoms with E-state index in [1.54, 1.807) is 13.0 Å². The molecule has 1 aliphatic rings. The van der Waals surface area contributed by atoms with Crippen LogP contribution in [0.5, 0.6) is 0 Å². The number of aryl methyl sites for hydroxylation is 1. The molecule has 1 saturated carbocycles. The summed E-state index contributed by atoms with van der Waals surface area (Å²) in [5.74, 6) is -4.52. The molecule has 0 spiro atoms. The highest BCUT2D eigenvalue weighted by atomic mass is 16.4. The summed E-state index contributed by atoms with van der Waals surface area (Å²) < 4.78 is 6.43. The maximum absolute atomic E-state index is 13.4. The zero-order valence-corrected chi connectivity index (χ0v) is 24.0. The smallest absolute Gasteiger partial charge is 0.340 e. The van der Waals surface area contributed by atoms with E-state index < -0.39 is 53.9 Å². The van der Waals surface area contributed by atoms with Crippen molar-refractivity contribution in [1.82, 2.24) is 20.3 Å². The van der Waals surface area contributed by atoms with Gasteiger partial charge in [0.15, 0.2) is 0 Å². The SMILES string of the molecule is Cc1c(CC(=O)O)c(=O)oc2cc(NC(=O)[C@H](CC(=O)O)n3cc(C4(NC(=O)CCCC(=O)O)CCCCC4)nn3)ccc12. The number of hydrogen-bond donors (Lipinski definition) is 5. The number of carbonyl (C=O) groups is 5. The molecule has 1 fully saturated rings. The third kappa shape index (κ3) is 7.46. The van der Waals surface area contributed by atoms with Crippen molar-refractivity contribution in [2.45, 2.75) is 82.7 Å². The standard InChI is InChI=1S/C29H33N5O10/c1-16-18-9-8-17(12-21(18)44-28(43)19(16)13-25(38)39)30-27(42)20(14-26(40)41)34-15-22(32-33-34)29(10-3-2-4-11-29)31-23(35)6-5-7-24(36)37/h8-9,12,15,20H,2-7,10-11,13-14H2,1H3,(H,30,42)(H,31,35)(H,36,37)(H,38,39)(H,40,41)/t20-/m0/s1. The maximum atomic E-state index is 13.4. The number of fused-ring (bicyclic) bond motifs is 1. The highest BCUT2D eigenvalue weighted by Gasteiger charge is 2.39. The van der Waals surface area contributed by atoms with Crippen molar-refractivity contribution in [3.63, 3.8) is 0 Å². The Morgan fingerprint density at radius 1 is 1.02 bits per heavy atom. The van der Waals surface area contributed by atoms with Crippen molar-refractivity contribution in [3.8, 4) is 0 Å². The molecule has 1 atom stereocenters. The predicted octanol–water partition coefficient (Wildman–Crippen LogP) is 2.51. The van der Waals surface area contributed by atoms with Crippen LogP contribution in [0.15, 0.2) is 33.6 Å². The number of anilines is 1. The fraction of sp³-hybridized carbons (Fsp3) is 0.448. The minimum Gasteiger partial charge on any atom is -0.481 e. The second kappa shape index (κ2) is 13.5. The minimum atomic E-state index is -1.33. The summed E-state index contributed by atoms with van der Waals surface area (Å²) in [6, 6.07) is 3.12. The van der Waals surface area contributed by atoms with Gasteiger partial charge in [-0.25, -0.2) is 9.48 Å². The number of aliphatic carboxylic acids is 3. The highest BCUT2D eigenvalue weighted by Crippen LogP contribution is 2.36. The van der Waals surface area contributed by atoms with Gasteiger partial charge in [0.2, 0.25) is 11.8 Å². The molecule has 0 radical (unpaired) electrons. The van der Waals surface area contributed by atoms with E-state index in [-0.39, 0.29) is 42.0 Å². The first-order chi connectivity index (χ1) is 20.9. The van der Waals surface area contributed by atoms with Crippen LogP contribution in [-0.2, 0) is 35.9 Å². The fourth-order valence-electron chi connectivity index (χ4n) is 5.50. The number of rotatable bonds is 13. The molecule has 1 aliphatic carbocycles. The van der Waals surface area contributed by atoms with Crippen molar-refractivity contribution < 1.29 is 43.7 Å². The lowest BCUT2D eigenvalue weighted by Gasteiger charge is -2.36. The first-order valence-corrected chi connectivity index (χ1v) is 14.1. The van der Waals surface area contributed by atoms with Gasteiger partial charge in [-0.2, -0.15) is 0 Å². The second-order valence-electron chi connectivity index (χ2n) is 10.9. The normalized spacial score (nSPS) is 14.9. The number of amides is 2. The third-order valence-electron chi connectivity index (χ3n) is 7.75. The Morgan fingerprint density at radius 2 is 1.75 bits per heavy atom. The summed E-state index contributed by atoms with van der Waals surface area (Å²) in [7, 11) is 0. The van der Waals surface area contributed by atoms with Crippen molar-refractivity contribution >= 4 is 46.4 Å². The molecule has 0 saturated heterocycles. The van der Waals surface area contributed by atoms with Gasteiger partial charge in [0.1, 0.15) is 17.3 Å². The van der Waals surface area contributed by atoms with Crippen LogP contribution in [0.1, 0.15) is 80.7 Å². The number of carboxylic acid groups (broad SMARTS) is 3. The number of benzene rings is 1. The van der Waals surface area contributed by atoms with E-state index in [1.165, 1.54) is 18.3 Å². The molecule has 0 bridgehead atoms. The van der Waals surface area contributed by atoms with Crippen LogP contribution >= 0.6 is 0 Å². The van der Waals surface area contributed by atoms with Crippen LogP contribution in [0.3, 0.4) is 0 Å². The fourth-order valence-corrected chi connectivity index (χ4v) is 5.50. The number of carboxylic acids is 3. The molecule has 2 amide bonds. The van der Waals surface area contributed by atoms with Gasteiger partial charge in [0.25, 0.3) is 0 Å². The second-order valence-corrected chi connectivity index (χ2v) is 10.9. The number of aromatic nitrogens is 3. The van der Waals surface area contributed by atoms with Crippen LogP contribution in [0.25, 0.3) is 11.0 Å². The van der Waals surface area contributed by atoms with E-state index in [2.05, 4.69) is 20.9 Å². The number of nitrogens with zero attached hydrogens (tertiary/aromatic N) is 3. The molecule has 0 aliphatic heterocycles. The van der Waals surface area contributed by atoms with Gasteiger partial charge < -0.3 is 30.4 Å². The Labute approximate surface area is 250 Å². The van der Waals surface area contributed by atoms with Gasteiger partial charge in [0.05, 0.1) is 30.1 Å². The van der Waals surface area contributed by atoms with E-state index in [4.69, 9.17) is 14.6 Å². The van der Waals surface area contributed by atoms with E-state index in [9.17, 15) is 33.9 Å². The van der Waals surface area contributed by atoms with E-state index in [0.717, 1.165) is 23.9 Å². The summed E-state index contributed by atoms with van der Waals surface area (Å²) >= 11 is 0. The number of hydrogen-bond acceptors (Lipinski definition) is 9. The van der Waals surface area contributed by atoms with Gasteiger partial charge in [-0.1, -0.05) is 24.5 Å².